The number of hydrogen-bond donors (Lipinski definition) is 1. The molecule has 0 spiro atoms. The zero-order chi connectivity index (χ0) is 11.7. The second kappa shape index (κ2) is 3.96. The first-order valence-corrected chi connectivity index (χ1v) is 4.92. The Bertz CT molecular complexity index is 386. The van der Waals surface area contributed by atoms with E-state index in [1.54, 1.807) is 0 Å². The predicted molar refractivity (Wildman–Crippen MR) is 49.4 cm³/mol. The molecule has 2 saturated heterocycles. The minimum atomic E-state index is -1.20. The number of aliphatic carboxylic acids is 1. The van der Waals surface area contributed by atoms with E-state index < -0.39 is 30.2 Å². The second-order valence-electron chi connectivity index (χ2n) is 3.61. The molecule has 0 bridgehead atoms. The van der Waals surface area contributed by atoms with Crippen LogP contribution in [0.5, 0.6) is 0 Å². The molecule has 0 aromatic carbocycles. The van der Waals surface area contributed by atoms with Crippen LogP contribution in [-0.2, 0) is 23.9 Å². The molecule has 0 aliphatic carbocycles. The van der Waals surface area contributed by atoms with Crippen LogP contribution in [0.25, 0.3) is 0 Å². The van der Waals surface area contributed by atoms with E-state index in [1.807, 2.05) is 0 Å². The van der Waals surface area contributed by atoms with Crippen molar-refractivity contribution in [1.82, 2.24) is 0 Å². The molecule has 0 aromatic rings. The van der Waals surface area contributed by atoms with Gasteiger partial charge in [0.15, 0.2) is 6.10 Å². The third-order valence-corrected chi connectivity index (χ3v) is 2.46. The minimum Gasteiger partial charge on any atom is -0.497 e. The largest absolute Gasteiger partial charge is 0.497 e. The van der Waals surface area contributed by atoms with Crippen LogP contribution in [0.3, 0.4) is 0 Å². The molecule has 2 rings (SSSR count). The highest BCUT2D eigenvalue weighted by Gasteiger charge is 2.42. The van der Waals surface area contributed by atoms with Gasteiger partial charge in [0.2, 0.25) is 5.78 Å². The Kier molecular flexibility index (Phi) is 2.64. The monoisotopic (exact) mass is 226 g/mol. The molecule has 2 heterocycles. The molecule has 6 heteroatoms. The number of cyclic esters (lactones) is 1. The molecule has 1 N–H and O–H groups in total. The number of carboxylic acid groups (broad SMARTS) is 1. The SMILES string of the molecule is O=C(O)CC1OC(=O)C(=C2CCCO2)C1=O. The molecule has 86 valence electrons. The molecular formula is C10H10O6. The highest BCUT2D eigenvalue weighted by Crippen LogP contribution is 2.28. The normalized spacial score (nSPS) is 29.1. The summed E-state index contributed by atoms with van der Waals surface area (Å²) in [6, 6.07) is 0. The van der Waals surface area contributed by atoms with Gasteiger partial charge < -0.3 is 14.6 Å². The summed E-state index contributed by atoms with van der Waals surface area (Å²) in [6.07, 6.45) is -0.419. The van der Waals surface area contributed by atoms with Crippen molar-refractivity contribution in [3.63, 3.8) is 0 Å². The van der Waals surface area contributed by atoms with Crippen molar-refractivity contribution in [2.24, 2.45) is 0 Å². The van der Waals surface area contributed by atoms with Gasteiger partial charge in [-0.05, 0) is 6.42 Å². The number of rotatable bonds is 2. The van der Waals surface area contributed by atoms with Gasteiger partial charge in [0.25, 0.3) is 0 Å². The van der Waals surface area contributed by atoms with Gasteiger partial charge in [-0.1, -0.05) is 0 Å². The lowest BCUT2D eigenvalue weighted by molar-refractivity contribution is -0.147. The van der Waals surface area contributed by atoms with Crippen LogP contribution in [0.15, 0.2) is 11.3 Å². The quantitative estimate of drug-likeness (QED) is 0.405. The number of carboxylic acids is 1. The number of carbonyl (C=O) groups is 3. The number of hydrogen-bond acceptors (Lipinski definition) is 5. The van der Waals surface area contributed by atoms with Gasteiger partial charge in [-0.25, -0.2) is 4.79 Å². The molecule has 2 aliphatic heterocycles. The summed E-state index contributed by atoms with van der Waals surface area (Å²) in [4.78, 5) is 33.5. The Balaban J connectivity index is 2.23. The summed E-state index contributed by atoms with van der Waals surface area (Å²) < 4.78 is 9.84. The van der Waals surface area contributed by atoms with E-state index in [4.69, 9.17) is 14.6 Å². The van der Waals surface area contributed by atoms with Crippen molar-refractivity contribution < 1.29 is 29.0 Å². The smallest absolute Gasteiger partial charge is 0.346 e. The molecule has 1 unspecified atom stereocenters. The maximum atomic E-state index is 11.7. The average molecular weight is 226 g/mol. The van der Waals surface area contributed by atoms with E-state index in [-0.39, 0.29) is 5.57 Å². The zero-order valence-corrected chi connectivity index (χ0v) is 8.39. The molecule has 0 aromatic heterocycles. The van der Waals surface area contributed by atoms with Gasteiger partial charge in [0.1, 0.15) is 11.3 Å². The van der Waals surface area contributed by atoms with Crippen LogP contribution in [0, 0.1) is 0 Å². The number of Topliss-reactive ketones (excluding diaryl/α,β-unsaturated/α-hetero) is 1. The zero-order valence-electron chi connectivity index (χ0n) is 8.39. The Hall–Kier alpha value is -1.85. The Labute approximate surface area is 90.8 Å². The molecule has 6 nitrogen and oxygen atoms in total. The Morgan fingerprint density at radius 2 is 2.19 bits per heavy atom. The Morgan fingerprint density at radius 3 is 2.75 bits per heavy atom. The molecule has 0 radical (unpaired) electrons. The summed E-state index contributed by atoms with van der Waals surface area (Å²) in [6.45, 7) is 0.475. The fourth-order valence-electron chi connectivity index (χ4n) is 1.74. The number of esters is 1. The number of allylic oxidation sites excluding steroid dienone is 1. The molecule has 0 amide bonds. The van der Waals surface area contributed by atoms with E-state index in [1.165, 1.54) is 0 Å². The van der Waals surface area contributed by atoms with E-state index >= 15 is 0 Å². The van der Waals surface area contributed by atoms with Crippen molar-refractivity contribution in [3.05, 3.63) is 11.3 Å². The van der Waals surface area contributed by atoms with E-state index in [9.17, 15) is 14.4 Å². The molecular weight excluding hydrogens is 216 g/mol. The highest BCUT2D eigenvalue weighted by molar-refractivity contribution is 6.24. The molecule has 2 aliphatic rings. The van der Waals surface area contributed by atoms with Crippen molar-refractivity contribution in [2.75, 3.05) is 6.61 Å². The lowest BCUT2D eigenvalue weighted by Gasteiger charge is -2.01. The van der Waals surface area contributed by atoms with E-state index in [2.05, 4.69) is 0 Å². The first-order chi connectivity index (χ1) is 7.59. The topological polar surface area (TPSA) is 89.9 Å². The van der Waals surface area contributed by atoms with Crippen molar-refractivity contribution >= 4 is 17.7 Å². The molecule has 16 heavy (non-hydrogen) atoms. The molecule has 2 fully saturated rings. The van der Waals surface area contributed by atoms with E-state index in [0.29, 0.717) is 18.8 Å². The van der Waals surface area contributed by atoms with Gasteiger partial charge in [0, 0.05) is 6.42 Å². The van der Waals surface area contributed by atoms with Crippen LogP contribution >= 0.6 is 0 Å². The van der Waals surface area contributed by atoms with Crippen LogP contribution in [-0.4, -0.2) is 35.5 Å². The number of ketones is 1. The molecule has 1 atom stereocenters. The van der Waals surface area contributed by atoms with Gasteiger partial charge in [0.05, 0.1) is 13.0 Å². The standard InChI is InChI=1S/C10H10O6/c11-7(12)4-6-9(13)8(10(14)16-6)5-2-1-3-15-5/h6H,1-4H2,(H,11,12). The van der Waals surface area contributed by atoms with Gasteiger partial charge >= 0.3 is 11.9 Å². The first-order valence-electron chi connectivity index (χ1n) is 4.92. The molecule has 0 saturated carbocycles. The fourth-order valence-corrected chi connectivity index (χ4v) is 1.74. The number of carbonyl (C=O) groups excluding carboxylic acids is 2. The fraction of sp³-hybridized carbons (Fsp3) is 0.500. The van der Waals surface area contributed by atoms with Gasteiger partial charge in [-0.3, -0.25) is 9.59 Å². The summed E-state index contributed by atoms with van der Waals surface area (Å²) in [5.41, 5.74) is -0.108. The van der Waals surface area contributed by atoms with Crippen LogP contribution < -0.4 is 0 Å². The van der Waals surface area contributed by atoms with Crippen LogP contribution in [0.4, 0.5) is 0 Å². The summed E-state index contributed by atoms with van der Waals surface area (Å²) in [5.74, 6) is -2.19. The number of ether oxygens (including phenoxy) is 2. The van der Waals surface area contributed by atoms with Crippen molar-refractivity contribution in [3.8, 4) is 0 Å². The van der Waals surface area contributed by atoms with Crippen LogP contribution in [0.2, 0.25) is 0 Å². The van der Waals surface area contributed by atoms with Gasteiger partial charge in [-0.2, -0.15) is 0 Å². The maximum Gasteiger partial charge on any atom is 0.346 e. The van der Waals surface area contributed by atoms with Crippen molar-refractivity contribution in [1.29, 1.82) is 0 Å². The maximum absolute atomic E-state index is 11.7. The van der Waals surface area contributed by atoms with Gasteiger partial charge in [-0.15, -0.1) is 0 Å². The highest BCUT2D eigenvalue weighted by atomic mass is 16.6. The lowest BCUT2D eigenvalue weighted by atomic mass is 10.1. The lowest BCUT2D eigenvalue weighted by Crippen LogP contribution is -2.20. The minimum absolute atomic E-state index is 0.108. The van der Waals surface area contributed by atoms with E-state index in [0.717, 1.165) is 6.42 Å². The predicted octanol–water partition coefficient (Wildman–Crippen LogP) is 0.0201. The van der Waals surface area contributed by atoms with Crippen LogP contribution in [0.1, 0.15) is 19.3 Å². The summed E-state index contributed by atoms with van der Waals surface area (Å²) in [5, 5.41) is 8.54. The summed E-state index contributed by atoms with van der Waals surface area (Å²) >= 11 is 0. The first kappa shape index (κ1) is 10.7. The second-order valence-corrected chi connectivity index (χ2v) is 3.61. The Morgan fingerprint density at radius 1 is 1.44 bits per heavy atom. The third-order valence-electron chi connectivity index (χ3n) is 2.46. The summed E-state index contributed by atoms with van der Waals surface area (Å²) in [7, 11) is 0. The average Bonchev–Trinajstić information content (AvgIpc) is 2.76. The van der Waals surface area contributed by atoms with Crippen molar-refractivity contribution in [2.45, 2.75) is 25.4 Å². The third kappa shape index (κ3) is 1.78.